The predicted molar refractivity (Wildman–Crippen MR) is 70.6 cm³/mol. The summed E-state index contributed by atoms with van der Waals surface area (Å²) in [5.74, 6) is 1.48. The summed E-state index contributed by atoms with van der Waals surface area (Å²) in [5, 5.41) is 4.21. The van der Waals surface area contributed by atoms with E-state index in [1.165, 1.54) is 25.0 Å². The smallest absolute Gasteiger partial charge is 0.0492 e. The summed E-state index contributed by atoms with van der Waals surface area (Å²) in [7, 11) is 2.00. The van der Waals surface area contributed by atoms with E-state index in [2.05, 4.69) is 25.0 Å². The molecule has 1 aliphatic carbocycles. The SMILES string of the molecule is CC1CCC(N)(CCc2ccnn2C)C(C)C1. The Morgan fingerprint density at radius 2 is 2.29 bits per heavy atom. The van der Waals surface area contributed by atoms with Crippen LogP contribution in [0.15, 0.2) is 12.3 Å². The quantitative estimate of drug-likeness (QED) is 0.875. The van der Waals surface area contributed by atoms with Gasteiger partial charge < -0.3 is 5.73 Å². The Hall–Kier alpha value is -0.830. The van der Waals surface area contributed by atoms with E-state index in [4.69, 9.17) is 5.73 Å². The third-order valence-corrected chi connectivity index (χ3v) is 4.61. The first-order valence-corrected chi connectivity index (χ1v) is 6.77. The molecule has 3 atom stereocenters. The standard InChI is InChI=1S/C14H25N3/c1-11-4-7-14(15,12(2)10-11)8-5-13-6-9-16-17(13)3/h6,9,11-12H,4-5,7-8,10,15H2,1-3H3. The molecule has 3 heteroatoms. The normalized spacial score (nSPS) is 33.9. The second-order valence-electron chi connectivity index (χ2n) is 5.96. The zero-order valence-electron chi connectivity index (χ0n) is 11.3. The van der Waals surface area contributed by atoms with Crippen LogP contribution in [0.2, 0.25) is 0 Å². The molecule has 2 rings (SSSR count). The highest BCUT2D eigenvalue weighted by Gasteiger charge is 2.36. The number of hydrogen-bond donors (Lipinski definition) is 1. The summed E-state index contributed by atoms with van der Waals surface area (Å²) < 4.78 is 1.96. The molecule has 1 heterocycles. The number of hydrogen-bond acceptors (Lipinski definition) is 2. The van der Waals surface area contributed by atoms with Gasteiger partial charge in [-0.05, 0) is 50.0 Å². The summed E-state index contributed by atoms with van der Waals surface area (Å²) in [6.45, 7) is 4.66. The lowest BCUT2D eigenvalue weighted by Crippen LogP contribution is -2.49. The first kappa shape index (κ1) is 12.6. The number of rotatable bonds is 3. The molecule has 0 aromatic carbocycles. The van der Waals surface area contributed by atoms with Crippen molar-refractivity contribution in [3.05, 3.63) is 18.0 Å². The molecular formula is C14H25N3. The molecule has 0 bridgehead atoms. The van der Waals surface area contributed by atoms with E-state index in [1.807, 2.05) is 17.9 Å². The monoisotopic (exact) mass is 235 g/mol. The second-order valence-corrected chi connectivity index (χ2v) is 5.96. The molecular weight excluding hydrogens is 210 g/mol. The third kappa shape index (κ3) is 2.71. The van der Waals surface area contributed by atoms with Crippen molar-refractivity contribution < 1.29 is 0 Å². The molecule has 1 aromatic heterocycles. The summed E-state index contributed by atoms with van der Waals surface area (Å²) in [6.07, 6.45) is 7.73. The summed E-state index contributed by atoms with van der Waals surface area (Å²) in [5.41, 5.74) is 7.93. The van der Waals surface area contributed by atoms with Crippen molar-refractivity contribution in [2.75, 3.05) is 0 Å². The van der Waals surface area contributed by atoms with Crippen molar-refractivity contribution in [2.24, 2.45) is 24.6 Å². The number of nitrogens with zero attached hydrogens (tertiary/aromatic N) is 2. The van der Waals surface area contributed by atoms with E-state index in [9.17, 15) is 0 Å². The van der Waals surface area contributed by atoms with Crippen LogP contribution in [-0.2, 0) is 13.5 Å². The van der Waals surface area contributed by atoms with Gasteiger partial charge in [-0.15, -0.1) is 0 Å². The van der Waals surface area contributed by atoms with Crippen LogP contribution in [0.3, 0.4) is 0 Å². The molecule has 2 N–H and O–H groups in total. The lowest BCUT2D eigenvalue weighted by atomic mass is 9.68. The molecule has 17 heavy (non-hydrogen) atoms. The average molecular weight is 235 g/mol. The Balaban J connectivity index is 1.96. The van der Waals surface area contributed by atoms with Gasteiger partial charge in [0.2, 0.25) is 0 Å². The van der Waals surface area contributed by atoms with Crippen LogP contribution in [0, 0.1) is 11.8 Å². The van der Waals surface area contributed by atoms with Gasteiger partial charge in [0.15, 0.2) is 0 Å². The Morgan fingerprint density at radius 3 is 2.88 bits per heavy atom. The Morgan fingerprint density at radius 1 is 1.53 bits per heavy atom. The topological polar surface area (TPSA) is 43.8 Å². The fraction of sp³-hybridized carbons (Fsp3) is 0.786. The van der Waals surface area contributed by atoms with E-state index in [-0.39, 0.29) is 5.54 Å². The maximum absolute atomic E-state index is 6.60. The zero-order valence-corrected chi connectivity index (χ0v) is 11.3. The van der Waals surface area contributed by atoms with Crippen LogP contribution < -0.4 is 5.73 Å². The van der Waals surface area contributed by atoms with Gasteiger partial charge in [-0.3, -0.25) is 4.68 Å². The molecule has 1 aromatic rings. The van der Waals surface area contributed by atoms with Crippen molar-refractivity contribution in [3.63, 3.8) is 0 Å². The van der Waals surface area contributed by atoms with E-state index < -0.39 is 0 Å². The lowest BCUT2D eigenvalue weighted by Gasteiger charge is -2.42. The van der Waals surface area contributed by atoms with E-state index >= 15 is 0 Å². The van der Waals surface area contributed by atoms with E-state index in [0.29, 0.717) is 5.92 Å². The molecule has 0 radical (unpaired) electrons. The van der Waals surface area contributed by atoms with Gasteiger partial charge >= 0.3 is 0 Å². The molecule has 1 fully saturated rings. The summed E-state index contributed by atoms with van der Waals surface area (Å²) in [4.78, 5) is 0. The van der Waals surface area contributed by atoms with Crippen molar-refractivity contribution in [1.29, 1.82) is 0 Å². The third-order valence-electron chi connectivity index (χ3n) is 4.61. The van der Waals surface area contributed by atoms with Crippen molar-refractivity contribution in [1.82, 2.24) is 9.78 Å². The minimum Gasteiger partial charge on any atom is -0.325 e. The van der Waals surface area contributed by atoms with Crippen LogP contribution in [0.5, 0.6) is 0 Å². The number of aromatic nitrogens is 2. The summed E-state index contributed by atoms with van der Waals surface area (Å²) >= 11 is 0. The largest absolute Gasteiger partial charge is 0.325 e. The second kappa shape index (κ2) is 4.81. The van der Waals surface area contributed by atoms with Gasteiger partial charge in [0.05, 0.1) is 0 Å². The molecule has 1 saturated carbocycles. The number of nitrogens with two attached hydrogens (primary N) is 1. The molecule has 1 aliphatic rings. The molecule has 3 nitrogen and oxygen atoms in total. The fourth-order valence-corrected chi connectivity index (χ4v) is 3.10. The van der Waals surface area contributed by atoms with Gasteiger partial charge in [0.1, 0.15) is 0 Å². The first-order valence-electron chi connectivity index (χ1n) is 6.77. The van der Waals surface area contributed by atoms with Gasteiger partial charge in [0, 0.05) is 24.5 Å². The van der Waals surface area contributed by atoms with Gasteiger partial charge in [-0.25, -0.2) is 0 Å². The van der Waals surface area contributed by atoms with Crippen LogP contribution in [0.1, 0.15) is 45.2 Å². The van der Waals surface area contributed by atoms with Crippen LogP contribution in [-0.4, -0.2) is 15.3 Å². The Labute approximate surface area is 104 Å². The summed E-state index contributed by atoms with van der Waals surface area (Å²) in [6, 6.07) is 2.10. The minimum absolute atomic E-state index is 0.0385. The van der Waals surface area contributed by atoms with Gasteiger partial charge in [0.25, 0.3) is 0 Å². The Kier molecular flexibility index (Phi) is 3.57. The predicted octanol–water partition coefficient (Wildman–Crippen LogP) is 2.51. The first-order chi connectivity index (χ1) is 8.01. The molecule has 96 valence electrons. The van der Waals surface area contributed by atoms with Crippen molar-refractivity contribution in [3.8, 4) is 0 Å². The number of aryl methyl sites for hydroxylation is 2. The molecule has 3 unspecified atom stereocenters. The molecule has 0 saturated heterocycles. The van der Waals surface area contributed by atoms with Gasteiger partial charge in [-0.1, -0.05) is 13.8 Å². The highest BCUT2D eigenvalue weighted by Crippen LogP contribution is 2.37. The lowest BCUT2D eigenvalue weighted by molar-refractivity contribution is 0.154. The van der Waals surface area contributed by atoms with Gasteiger partial charge in [-0.2, -0.15) is 5.10 Å². The fourth-order valence-electron chi connectivity index (χ4n) is 3.10. The maximum Gasteiger partial charge on any atom is 0.0492 e. The van der Waals surface area contributed by atoms with Crippen LogP contribution in [0.4, 0.5) is 0 Å². The average Bonchev–Trinajstić information content (AvgIpc) is 2.68. The zero-order chi connectivity index (χ0) is 12.5. The Bertz CT molecular complexity index is 371. The van der Waals surface area contributed by atoms with Crippen molar-refractivity contribution >= 4 is 0 Å². The molecule has 0 aliphatic heterocycles. The van der Waals surface area contributed by atoms with Crippen LogP contribution in [0.25, 0.3) is 0 Å². The minimum atomic E-state index is 0.0385. The van der Waals surface area contributed by atoms with E-state index in [1.54, 1.807) is 0 Å². The highest BCUT2D eigenvalue weighted by atomic mass is 15.2. The maximum atomic E-state index is 6.60. The van der Waals surface area contributed by atoms with Crippen molar-refractivity contribution in [2.45, 2.75) is 51.5 Å². The van der Waals surface area contributed by atoms with Crippen LogP contribution >= 0.6 is 0 Å². The highest BCUT2D eigenvalue weighted by molar-refractivity contribution is 5.03. The van der Waals surface area contributed by atoms with E-state index in [0.717, 1.165) is 18.8 Å². The molecule has 0 amide bonds. The molecule has 0 spiro atoms.